The van der Waals surface area contributed by atoms with E-state index < -0.39 is 0 Å². The van der Waals surface area contributed by atoms with Crippen molar-refractivity contribution in [2.45, 2.75) is 34.1 Å². The van der Waals surface area contributed by atoms with E-state index in [9.17, 15) is 9.59 Å². The molecule has 0 aliphatic carbocycles. The second-order valence-corrected chi connectivity index (χ2v) is 8.28. The summed E-state index contributed by atoms with van der Waals surface area (Å²) >= 11 is 0. The SMILES string of the molecule is CCc1ccc(NC(=O)COc2c(-c3ccc(C)cc3)oc3cc(C)c(C)cc3c2=O)cc1. The van der Waals surface area contributed by atoms with Crippen molar-refractivity contribution < 1.29 is 13.9 Å². The van der Waals surface area contributed by atoms with Crippen LogP contribution in [0.3, 0.4) is 0 Å². The molecule has 1 N–H and O–H groups in total. The molecule has 0 radical (unpaired) electrons. The van der Waals surface area contributed by atoms with Gasteiger partial charge in [0.05, 0.1) is 5.39 Å². The summed E-state index contributed by atoms with van der Waals surface area (Å²) in [6, 6.07) is 18.9. The molecule has 0 atom stereocenters. The van der Waals surface area contributed by atoms with E-state index in [-0.39, 0.29) is 23.7 Å². The Labute approximate surface area is 193 Å². The van der Waals surface area contributed by atoms with Crippen LogP contribution in [0.25, 0.3) is 22.3 Å². The van der Waals surface area contributed by atoms with Crippen molar-refractivity contribution >= 4 is 22.6 Å². The minimum atomic E-state index is -0.353. The van der Waals surface area contributed by atoms with E-state index in [1.165, 1.54) is 5.56 Å². The first-order chi connectivity index (χ1) is 15.9. The number of aryl methyl sites for hydroxylation is 4. The molecule has 4 aromatic rings. The van der Waals surface area contributed by atoms with Gasteiger partial charge in [0.1, 0.15) is 5.58 Å². The lowest BCUT2D eigenvalue weighted by atomic mass is 10.0. The van der Waals surface area contributed by atoms with Gasteiger partial charge < -0.3 is 14.5 Å². The Balaban J connectivity index is 1.68. The first-order valence-electron chi connectivity index (χ1n) is 11.0. The van der Waals surface area contributed by atoms with Crippen molar-refractivity contribution in [3.05, 3.63) is 93.1 Å². The number of anilines is 1. The van der Waals surface area contributed by atoms with Gasteiger partial charge in [-0.1, -0.05) is 48.9 Å². The summed E-state index contributed by atoms with van der Waals surface area (Å²) in [5.74, 6) is -0.00405. The highest BCUT2D eigenvalue weighted by Gasteiger charge is 2.19. The number of carbonyl (C=O) groups excluding carboxylic acids is 1. The average molecular weight is 442 g/mol. The number of hydrogen-bond donors (Lipinski definition) is 1. The molecule has 0 saturated carbocycles. The quantitative estimate of drug-likeness (QED) is 0.401. The van der Waals surface area contributed by atoms with Crippen LogP contribution in [0.1, 0.15) is 29.2 Å². The molecule has 0 unspecified atom stereocenters. The van der Waals surface area contributed by atoms with E-state index in [4.69, 9.17) is 9.15 Å². The molecule has 1 heterocycles. The first-order valence-corrected chi connectivity index (χ1v) is 11.0. The zero-order valence-electron chi connectivity index (χ0n) is 19.3. The molecule has 1 aromatic heterocycles. The molecule has 0 fully saturated rings. The van der Waals surface area contributed by atoms with Gasteiger partial charge in [-0.25, -0.2) is 0 Å². The predicted octanol–water partition coefficient (Wildman–Crippen LogP) is 5.97. The lowest BCUT2D eigenvalue weighted by molar-refractivity contribution is -0.118. The van der Waals surface area contributed by atoms with E-state index in [0.29, 0.717) is 28.0 Å². The molecular weight excluding hydrogens is 414 g/mol. The first kappa shape index (κ1) is 22.3. The van der Waals surface area contributed by atoms with Gasteiger partial charge >= 0.3 is 0 Å². The number of nitrogens with one attached hydrogen (secondary N) is 1. The summed E-state index contributed by atoms with van der Waals surface area (Å²) in [5.41, 5.74) is 5.87. The Kier molecular flexibility index (Phi) is 6.31. The van der Waals surface area contributed by atoms with Gasteiger partial charge in [0, 0.05) is 11.3 Å². The van der Waals surface area contributed by atoms with Crippen LogP contribution < -0.4 is 15.5 Å². The van der Waals surface area contributed by atoms with E-state index in [0.717, 1.165) is 23.1 Å². The van der Waals surface area contributed by atoms with Crippen LogP contribution in [0.15, 0.2) is 69.9 Å². The lowest BCUT2D eigenvalue weighted by Crippen LogP contribution is -2.22. The molecule has 0 saturated heterocycles. The molecule has 1 amide bonds. The number of fused-ring (bicyclic) bond motifs is 1. The van der Waals surface area contributed by atoms with Crippen molar-refractivity contribution in [2.24, 2.45) is 0 Å². The van der Waals surface area contributed by atoms with E-state index >= 15 is 0 Å². The Bertz CT molecular complexity index is 1370. The van der Waals surface area contributed by atoms with E-state index in [1.807, 2.05) is 75.4 Å². The number of amides is 1. The van der Waals surface area contributed by atoms with Crippen molar-refractivity contribution in [2.75, 3.05) is 11.9 Å². The second-order valence-electron chi connectivity index (χ2n) is 8.28. The third-order valence-corrected chi connectivity index (χ3v) is 5.77. The van der Waals surface area contributed by atoms with Crippen LogP contribution in [0.2, 0.25) is 0 Å². The molecule has 5 nitrogen and oxygen atoms in total. The molecule has 0 aliphatic heterocycles. The summed E-state index contributed by atoms with van der Waals surface area (Å²) < 4.78 is 11.9. The standard InChI is InChI=1S/C28H27NO4/c1-5-20-8-12-22(13-9-20)29-25(30)16-32-28-26(31)23-14-18(3)19(4)15-24(23)33-27(28)21-10-6-17(2)7-11-21/h6-15H,5,16H2,1-4H3,(H,29,30). The topological polar surface area (TPSA) is 68.5 Å². The maximum Gasteiger partial charge on any atom is 0.262 e. The lowest BCUT2D eigenvalue weighted by Gasteiger charge is -2.13. The van der Waals surface area contributed by atoms with Crippen LogP contribution in [0, 0.1) is 20.8 Å². The number of hydrogen-bond acceptors (Lipinski definition) is 4. The average Bonchev–Trinajstić information content (AvgIpc) is 2.81. The fourth-order valence-corrected chi connectivity index (χ4v) is 3.62. The van der Waals surface area contributed by atoms with Gasteiger partial charge in [0.25, 0.3) is 5.91 Å². The fraction of sp³-hybridized carbons (Fsp3) is 0.214. The van der Waals surface area contributed by atoms with Gasteiger partial charge in [0.2, 0.25) is 11.2 Å². The summed E-state index contributed by atoms with van der Waals surface area (Å²) in [7, 11) is 0. The summed E-state index contributed by atoms with van der Waals surface area (Å²) in [5, 5.41) is 3.24. The molecular formula is C28H27NO4. The molecule has 33 heavy (non-hydrogen) atoms. The molecule has 0 bridgehead atoms. The summed E-state index contributed by atoms with van der Waals surface area (Å²) in [6.45, 7) is 7.67. The summed E-state index contributed by atoms with van der Waals surface area (Å²) in [6.07, 6.45) is 0.926. The minimum absolute atomic E-state index is 0.0334. The highest BCUT2D eigenvalue weighted by molar-refractivity contribution is 5.92. The number of carbonyl (C=O) groups is 1. The molecule has 0 spiro atoms. The Morgan fingerprint density at radius 3 is 2.27 bits per heavy atom. The number of rotatable bonds is 6. The second kappa shape index (κ2) is 9.33. The minimum Gasteiger partial charge on any atom is -0.476 e. The van der Waals surface area contributed by atoms with Crippen LogP contribution in [-0.4, -0.2) is 12.5 Å². The molecule has 4 rings (SSSR count). The van der Waals surface area contributed by atoms with Crippen LogP contribution in [-0.2, 0) is 11.2 Å². The maximum absolute atomic E-state index is 13.4. The largest absolute Gasteiger partial charge is 0.476 e. The highest BCUT2D eigenvalue weighted by atomic mass is 16.5. The number of ether oxygens (including phenoxy) is 1. The summed E-state index contributed by atoms with van der Waals surface area (Å²) in [4.78, 5) is 25.9. The monoisotopic (exact) mass is 441 g/mol. The zero-order valence-corrected chi connectivity index (χ0v) is 19.3. The predicted molar refractivity (Wildman–Crippen MR) is 132 cm³/mol. The molecule has 0 aliphatic rings. The van der Waals surface area contributed by atoms with Gasteiger partial charge in [-0.05, 0) is 68.1 Å². The zero-order chi connectivity index (χ0) is 23.5. The Morgan fingerprint density at radius 1 is 0.939 bits per heavy atom. The Hall–Kier alpha value is -3.86. The third kappa shape index (κ3) is 4.82. The maximum atomic E-state index is 13.4. The van der Waals surface area contributed by atoms with Crippen LogP contribution >= 0.6 is 0 Å². The van der Waals surface area contributed by atoms with E-state index in [1.54, 1.807) is 6.07 Å². The Morgan fingerprint density at radius 2 is 1.61 bits per heavy atom. The highest BCUT2D eigenvalue weighted by Crippen LogP contribution is 2.32. The van der Waals surface area contributed by atoms with Crippen LogP contribution in [0.5, 0.6) is 5.75 Å². The molecule has 168 valence electrons. The normalized spacial score (nSPS) is 10.9. The molecule has 3 aromatic carbocycles. The van der Waals surface area contributed by atoms with Gasteiger partial charge in [-0.2, -0.15) is 0 Å². The van der Waals surface area contributed by atoms with Gasteiger partial charge in [-0.3, -0.25) is 9.59 Å². The van der Waals surface area contributed by atoms with E-state index in [2.05, 4.69) is 12.2 Å². The fourth-order valence-electron chi connectivity index (χ4n) is 3.62. The smallest absolute Gasteiger partial charge is 0.262 e. The van der Waals surface area contributed by atoms with Gasteiger partial charge in [-0.15, -0.1) is 0 Å². The van der Waals surface area contributed by atoms with Crippen molar-refractivity contribution in [3.8, 4) is 17.1 Å². The van der Waals surface area contributed by atoms with Gasteiger partial charge in [0.15, 0.2) is 12.4 Å². The van der Waals surface area contributed by atoms with Crippen molar-refractivity contribution in [1.29, 1.82) is 0 Å². The van der Waals surface area contributed by atoms with Crippen LogP contribution in [0.4, 0.5) is 5.69 Å². The third-order valence-electron chi connectivity index (χ3n) is 5.77. The van der Waals surface area contributed by atoms with Crippen molar-refractivity contribution in [3.63, 3.8) is 0 Å². The molecule has 5 heteroatoms. The van der Waals surface area contributed by atoms with Crippen molar-refractivity contribution in [1.82, 2.24) is 0 Å². The number of benzene rings is 3.